The molecular weight excluding hydrogens is 248 g/mol. The first-order valence-electron chi connectivity index (χ1n) is 5.79. The van der Waals surface area contributed by atoms with Crippen LogP contribution in [0.3, 0.4) is 0 Å². The SMILES string of the molecule is Cc1cccc(N(C)C(=O)c2ccc(F)cc2)c1F. The molecule has 0 aliphatic carbocycles. The molecule has 0 N–H and O–H groups in total. The van der Waals surface area contributed by atoms with E-state index in [9.17, 15) is 13.6 Å². The second kappa shape index (κ2) is 5.18. The van der Waals surface area contributed by atoms with E-state index >= 15 is 0 Å². The second-order valence-corrected chi connectivity index (χ2v) is 4.28. The van der Waals surface area contributed by atoms with Crippen molar-refractivity contribution in [1.82, 2.24) is 0 Å². The summed E-state index contributed by atoms with van der Waals surface area (Å²) in [5.41, 5.74) is 0.982. The maximum atomic E-state index is 13.9. The highest BCUT2D eigenvalue weighted by molar-refractivity contribution is 6.05. The van der Waals surface area contributed by atoms with Crippen LogP contribution < -0.4 is 4.90 Å². The maximum Gasteiger partial charge on any atom is 0.258 e. The first-order chi connectivity index (χ1) is 9.00. The zero-order valence-electron chi connectivity index (χ0n) is 10.7. The van der Waals surface area contributed by atoms with Gasteiger partial charge in [0.15, 0.2) is 0 Å². The van der Waals surface area contributed by atoms with Crippen LogP contribution in [0, 0.1) is 18.6 Å². The molecule has 0 aliphatic rings. The van der Waals surface area contributed by atoms with Crippen LogP contribution in [0.1, 0.15) is 15.9 Å². The molecule has 0 saturated carbocycles. The van der Waals surface area contributed by atoms with Gasteiger partial charge in [0.1, 0.15) is 11.6 Å². The number of rotatable bonds is 2. The van der Waals surface area contributed by atoms with E-state index in [1.807, 2.05) is 0 Å². The molecule has 0 aromatic heterocycles. The van der Waals surface area contributed by atoms with Crippen molar-refractivity contribution < 1.29 is 13.6 Å². The monoisotopic (exact) mass is 261 g/mol. The van der Waals surface area contributed by atoms with Gasteiger partial charge in [-0.25, -0.2) is 8.78 Å². The van der Waals surface area contributed by atoms with E-state index in [-0.39, 0.29) is 11.6 Å². The van der Waals surface area contributed by atoms with Gasteiger partial charge in [-0.15, -0.1) is 0 Å². The number of amides is 1. The quantitative estimate of drug-likeness (QED) is 0.809. The summed E-state index contributed by atoms with van der Waals surface area (Å²) in [5, 5.41) is 0. The Bertz CT molecular complexity index is 608. The highest BCUT2D eigenvalue weighted by Crippen LogP contribution is 2.22. The third kappa shape index (κ3) is 2.62. The molecule has 19 heavy (non-hydrogen) atoms. The fraction of sp³-hybridized carbons (Fsp3) is 0.133. The van der Waals surface area contributed by atoms with Crippen molar-refractivity contribution in [3.63, 3.8) is 0 Å². The number of anilines is 1. The molecular formula is C15H13F2NO. The predicted molar refractivity (Wildman–Crippen MR) is 70.3 cm³/mol. The van der Waals surface area contributed by atoms with Gasteiger partial charge in [0, 0.05) is 12.6 Å². The smallest absolute Gasteiger partial charge is 0.258 e. The average molecular weight is 261 g/mol. The summed E-state index contributed by atoms with van der Waals surface area (Å²) in [4.78, 5) is 13.4. The van der Waals surface area contributed by atoms with Crippen LogP contribution in [0.5, 0.6) is 0 Å². The number of halogens is 2. The minimum Gasteiger partial charge on any atom is -0.309 e. The molecule has 0 heterocycles. The molecule has 2 aromatic carbocycles. The van der Waals surface area contributed by atoms with Crippen molar-refractivity contribution in [1.29, 1.82) is 0 Å². The average Bonchev–Trinajstić information content (AvgIpc) is 2.41. The summed E-state index contributed by atoms with van der Waals surface area (Å²) >= 11 is 0. The van der Waals surface area contributed by atoms with Gasteiger partial charge in [-0.05, 0) is 42.8 Å². The summed E-state index contributed by atoms with van der Waals surface area (Å²) in [6.07, 6.45) is 0. The second-order valence-electron chi connectivity index (χ2n) is 4.28. The van der Waals surface area contributed by atoms with Gasteiger partial charge in [0.25, 0.3) is 5.91 Å². The van der Waals surface area contributed by atoms with E-state index in [0.29, 0.717) is 11.1 Å². The van der Waals surface area contributed by atoms with Crippen molar-refractivity contribution in [3.05, 3.63) is 65.2 Å². The fourth-order valence-electron chi connectivity index (χ4n) is 1.79. The van der Waals surface area contributed by atoms with Gasteiger partial charge in [0.05, 0.1) is 5.69 Å². The number of carbonyl (C=O) groups excluding carboxylic acids is 1. The lowest BCUT2D eigenvalue weighted by atomic mass is 10.1. The number of nitrogens with zero attached hydrogens (tertiary/aromatic N) is 1. The normalized spacial score (nSPS) is 10.3. The Morgan fingerprint density at radius 3 is 2.32 bits per heavy atom. The van der Waals surface area contributed by atoms with E-state index in [0.717, 1.165) is 0 Å². The third-order valence-corrected chi connectivity index (χ3v) is 2.93. The van der Waals surface area contributed by atoms with Gasteiger partial charge in [-0.2, -0.15) is 0 Å². The van der Waals surface area contributed by atoms with Crippen LogP contribution in [-0.4, -0.2) is 13.0 Å². The molecule has 0 fully saturated rings. The fourth-order valence-corrected chi connectivity index (χ4v) is 1.79. The molecule has 2 aromatic rings. The van der Waals surface area contributed by atoms with Gasteiger partial charge in [0.2, 0.25) is 0 Å². The molecule has 0 bridgehead atoms. The lowest BCUT2D eigenvalue weighted by Crippen LogP contribution is -2.27. The molecule has 0 spiro atoms. The Kier molecular flexibility index (Phi) is 3.60. The molecule has 4 heteroatoms. The number of carbonyl (C=O) groups is 1. The molecule has 0 radical (unpaired) electrons. The van der Waals surface area contributed by atoms with E-state index in [4.69, 9.17) is 0 Å². The van der Waals surface area contributed by atoms with E-state index < -0.39 is 11.6 Å². The van der Waals surface area contributed by atoms with E-state index in [2.05, 4.69) is 0 Å². The Hall–Kier alpha value is -2.23. The highest BCUT2D eigenvalue weighted by Gasteiger charge is 2.17. The minimum atomic E-state index is -0.430. The standard InChI is InChI=1S/C15H13F2NO/c1-10-4-3-5-13(14(10)17)18(2)15(19)11-6-8-12(16)9-7-11/h3-9H,1-2H3. The topological polar surface area (TPSA) is 20.3 Å². The Morgan fingerprint density at radius 1 is 1.05 bits per heavy atom. The van der Waals surface area contributed by atoms with Crippen molar-refractivity contribution in [3.8, 4) is 0 Å². The van der Waals surface area contributed by atoms with Crippen molar-refractivity contribution >= 4 is 11.6 Å². The number of aryl methyl sites for hydroxylation is 1. The first-order valence-corrected chi connectivity index (χ1v) is 5.79. The summed E-state index contributed by atoms with van der Waals surface area (Å²) in [6.45, 7) is 1.63. The molecule has 98 valence electrons. The number of hydrogen-bond acceptors (Lipinski definition) is 1. The van der Waals surface area contributed by atoms with Crippen molar-refractivity contribution in [2.45, 2.75) is 6.92 Å². The third-order valence-electron chi connectivity index (χ3n) is 2.93. The van der Waals surface area contributed by atoms with E-state index in [1.54, 1.807) is 19.1 Å². The lowest BCUT2D eigenvalue weighted by molar-refractivity contribution is 0.0992. The lowest BCUT2D eigenvalue weighted by Gasteiger charge is -2.18. The highest BCUT2D eigenvalue weighted by atomic mass is 19.1. The Balaban J connectivity index is 2.33. The van der Waals surface area contributed by atoms with Crippen molar-refractivity contribution in [2.75, 3.05) is 11.9 Å². The molecule has 2 rings (SSSR count). The zero-order valence-corrected chi connectivity index (χ0v) is 10.7. The molecule has 2 nitrogen and oxygen atoms in total. The summed E-state index contributed by atoms with van der Waals surface area (Å²) < 4.78 is 26.7. The molecule has 0 atom stereocenters. The Morgan fingerprint density at radius 2 is 1.68 bits per heavy atom. The van der Waals surface area contributed by atoms with Crippen LogP contribution in [0.15, 0.2) is 42.5 Å². The predicted octanol–water partition coefficient (Wildman–Crippen LogP) is 3.55. The largest absolute Gasteiger partial charge is 0.309 e. The number of benzene rings is 2. The Labute approximate surface area is 110 Å². The van der Waals surface area contributed by atoms with Crippen molar-refractivity contribution in [2.24, 2.45) is 0 Å². The molecule has 0 aliphatic heterocycles. The van der Waals surface area contributed by atoms with Crippen LogP contribution in [0.2, 0.25) is 0 Å². The summed E-state index contributed by atoms with van der Waals surface area (Å²) in [6, 6.07) is 10.0. The molecule has 0 saturated heterocycles. The van der Waals surface area contributed by atoms with Gasteiger partial charge >= 0.3 is 0 Å². The first kappa shape index (κ1) is 13.2. The van der Waals surface area contributed by atoms with Crippen LogP contribution in [-0.2, 0) is 0 Å². The summed E-state index contributed by atoms with van der Waals surface area (Å²) in [5.74, 6) is -1.23. The van der Waals surface area contributed by atoms with Gasteiger partial charge in [-0.3, -0.25) is 4.79 Å². The zero-order chi connectivity index (χ0) is 14.0. The van der Waals surface area contributed by atoms with Crippen LogP contribution in [0.25, 0.3) is 0 Å². The van der Waals surface area contributed by atoms with Gasteiger partial charge < -0.3 is 4.90 Å². The minimum absolute atomic E-state index is 0.203. The van der Waals surface area contributed by atoms with Gasteiger partial charge in [-0.1, -0.05) is 12.1 Å². The summed E-state index contributed by atoms with van der Waals surface area (Å²) in [7, 11) is 1.49. The molecule has 1 amide bonds. The van der Waals surface area contributed by atoms with Crippen LogP contribution in [0.4, 0.5) is 14.5 Å². The van der Waals surface area contributed by atoms with E-state index in [1.165, 1.54) is 42.3 Å². The molecule has 0 unspecified atom stereocenters. The maximum absolute atomic E-state index is 13.9. The number of hydrogen-bond donors (Lipinski definition) is 0. The van der Waals surface area contributed by atoms with Crippen LogP contribution >= 0.6 is 0 Å².